The Kier molecular flexibility index (Phi) is 3.50. The summed E-state index contributed by atoms with van der Waals surface area (Å²) in [5.41, 5.74) is 6.00. The summed E-state index contributed by atoms with van der Waals surface area (Å²) in [5.74, 6) is 0. The molecule has 0 unspecified atom stereocenters. The SMILES string of the molecule is Nc1ccc(NCC=CO)cc1[N+](=O)[O-]. The molecule has 1 aromatic rings. The van der Waals surface area contributed by atoms with Gasteiger partial charge < -0.3 is 16.2 Å². The molecule has 1 aromatic carbocycles. The maximum atomic E-state index is 10.5. The van der Waals surface area contributed by atoms with Crippen molar-refractivity contribution in [2.24, 2.45) is 0 Å². The fourth-order valence-corrected chi connectivity index (χ4v) is 1.04. The second-order valence-electron chi connectivity index (χ2n) is 2.80. The molecule has 6 nitrogen and oxygen atoms in total. The van der Waals surface area contributed by atoms with Crippen molar-refractivity contribution >= 4 is 17.1 Å². The predicted molar refractivity (Wildman–Crippen MR) is 57.8 cm³/mol. The molecule has 0 bridgehead atoms. The minimum atomic E-state index is -0.539. The van der Waals surface area contributed by atoms with E-state index in [-0.39, 0.29) is 11.4 Å². The standard InChI is InChI=1S/C9H11N3O3/c10-8-3-2-7(11-4-1-5-13)6-9(8)12(14)15/h1-3,5-6,11,13H,4,10H2. The van der Waals surface area contributed by atoms with E-state index in [9.17, 15) is 10.1 Å². The number of anilines is 2. The number of aliphatic hydroxyl groups excluding tert-OH is 1. The van der Waals surface area contributed by atoms with Crippen molar-refractivity contribution in [2.45, 2.75) is 0 Å². The van der Waals surface area contributed by atoms with Gasteiger partial charge in [0.2, 0.25) is 0 Å². The van der Waals surface area contributed by atoms with Gasteiger partial charge >= 0.3 is 0 Å². The fraction of sp³-hybridized carbons (Fsp3) is 0.111. The van der Waals surface area contributed by atoms with Crippen LogP contribution in [0.15, 0.2) is 30.5 Å². The minimum absolute atomic E-state index is 0.128. The molecule has 0 spiro atoms. The normalized spacial score (nSPS) is 10.4. The fourth-order valence-electron chi connectivity index (χ4n) is 1.04. The third-order valence-corrected chi connectivity index (χ3v) is 1.76. The molecule has 6 heteroatoms. The first-order valence-corrected chi connectivity index (χ1v) is 4.22. The molecule has 1 rings (SSSR count). The van der Waals surface area contributed by atoms with Crippen LogP contribution in [0.2, 0.25) is 0 Å². The van der Waals surface area contributed by atoms with Crippen LogP contribution in [0.1, 0.15) is 0 Å². The molecule has 0 heterocycles. The number of nitro groups is 1. The predicted octanol–water partition coefficient (Wildman–Crippen LogP) is 1.66. The highest BCUT2D eigenvalue weighted by Gasteiger charge is 2.11. The van der Waals surface area contributed by atoms with Gasteiger partial charge in [-0.1, -0.05) is 0 Å². The van der Waals surface area contributed by atoms with Crippen LogP contribution in [-0.4, -0.2) is 16.6 Å². The zero-order valence-corrected chi connectivity index (χ0v) is 7.88. The number of nitrogens with zero attached hydrogens (tertiary/aromatic N) is 1. The quantitative estimate of drug-likeness (QED) is 0.303. The van der Waals surface area contributed by atoms with Gasteiger partial charge in [-0.05, 0) is 18.2 Å². The second kappa shape index (κ2) is 4.85. The summed E-state index contributed by atoms with van der Waals surface area (Å²) in [6.45, 7) is 0.386. The van der Waals surface area contributed by atoms with Crippen LogP contribution in [0, 0.1) is 10.1 Å². The molecule has 0 amide bonds. The highest BCUT2D eigenvalue weighted by atomic mass is 16.6. The maximum Gasteiger partial charge on any atom is 0.294 e. The van der Waals surface area contributed by atoms with Gasteiger partial charge in [-0.25, -0.2) is 0 Å². The number of benzene rings is 1. The van der Waals surface area contributed by atoms with Gasteiger partial charge in [-0.2, -0.15) is 0 Å². The van der Waals surface area contributed by atoms with E-state index in [0.717, 1.165) is 6.26 Å². The van der Waals surface area contributed by atoms with E-state index in [2.05, 4.69) is 5.32 Å². The smallest absolute Gasteiger partial charge is 0.294 e. The molecule has 0 aliphatic carbocycles. The molecule has 0 radical (unpaired) electrons. The van der Waals surface area contributed by atoms with Crippen LogP contribution in [0.25, 0.3) is 0 Å². The monoisotopic (exact) mass is 209 g/mol. The van der Waals surface area contributed by atoms with E-state index in [1.54, 1.807) is 6.07 Å². The lowest BCUT2D eigenvalue weighted by atomic mass is 10.2. The zero-order valence-electron chi connectivity index (χ0n) is 7.88. The van der Waals surface area contributed by atoms with Crippen molar-refractivity contribution in [2.75, 3.05) is 17.6 Å². The third kappa shape index (κ3) is 2.87. The Labute approximate surface area is 86.2 Å². The summed E-state index contributed by atoms with van der Waals surface area (Å²) in [6.07, 6.45) is 2.38. The Hall–Kier alpha value is -2.24. The largest absolute Gasteiger partial charge is 0.516 e. The number of nitrogens with two attached hydrogens (primary N) is 1. The van der Waals surface area contributed by atoms with Crippen LogP contribution in [0.5, 0.6) is 0 Å². The summed E-state index contributed by atoms with van der Waals surface area (Å²) in [6, 6.07) is 4.44. The Morgan fingerprint density at radius 2 is 2.33 bits per heavy atom. The van der Waals surface area contributed by atoms with Crippen molar-refractivity contribution in [1.29, 1.82) is 0 Å². The van der Waals surface area contributed by atoms with E-state index in [1.165, 1.54) is 18.2 Å². The molecule has 4 N–H and O–H groups in total. The van der Waals surface area contributed by atoms with Crippen molar-refractivity contribution < 1.29 is 10.0 Å². The van der Waals surface area contributed by atoms with E-state index < -0.39 is 4.92 Å². The van der Waals surface area contributed by atoms with Gasteiger partial charge in [0.15, 0.2) is 0 Å². The average Bonchev–Trinajstić information content (AvgIpc) is 2.20. The molecular formula is C9H11N3O3. The van der Waals surface area contributed by atoms with Crippen molar-refractivity contribution in [3.63, 3.8) is 0 Å². The van der Waals surface area contributed by atoms with Crippen molar-refractivity contribution in [3.05, 3.63) is 40.7 Å². The van der Waals surface area contributed by atoms with Crippen LogP contribution < -0.4 is 11.1 Å². The molecular weight excluding hydrogens is 198 g/mol. The maximum absolute atomic E-state index is 10.5. The van der Waals surface area contributed by atoms with Gasteiger partial charge in [0.25, 0.3) is 5.69 Å². The summed E-state index contributed by atoms with van der Waals surface area (Å²) in [7, 11) is 0. The van der Waals surface area contributed by atoms with E-state index in [1.807, 2.05) is 0 Å². The highest BCUT2D eigenvalue weighted by molar-refractivity contribution is 5.65. The lowest BCUT2D eigenvalue weighted by molar-refractivity contribution is -0.383. The number of rotatable bonds is 4. The molecule has 15 heavy (non-hydrogen) atoms. The van der Waals surface area contributed by atoms with Crippen molar-refractivity contribution in [1.82, 2.24) is 0 Å². The average molecular weight is 209 g/mol. The summed E-state index contributed by atoms with van der Waals surface area (Å²) >= 11 is 0. The van der Waals surface area contributed by atoms with E-state index in [0.29, 0.717) is 12.2 Å². The summed E-state index contributed by atoms with van der Waals surface area (Å²) < 4.78 is 0. The number of aliphatic hydroxyl groups is 1. The summed E-state index contributed by atoms with van der Waals surface area (Å²) in [5, 5.41) is 21.8. The van der Waals surface area contributed by atoms with Crippen LogP contribution >= 0.6 is 0 Å². The topological polar surface area (TPSA) is 101 Å². The molecule has 80 valence electrons. The number of nitrogen functional groups attached to an aromatic ring is 1. The van der Waals surface area contributed by atoms with E-state index in [4.69, 9.17) is 10.8 Å². The van der Waals surface area contributed by atoms with Gasteiger partial charge in [0.05, 0.1) is 11.2 Å². The number of nitrogens with one attached hydrogen (secondary N) is 1. The van der Waals surface area contributed by atoms with Crippen molar-refractivity contribution in [3.8, 4) is 0 Å². The molecule has 0 aliphatic heterocycles. The number of nitro benzene ring substituents is 1. The molecule has 0 aliphatic rings. The third-order valence-electron chi connectivity index (χ3n) is 1.76. The minimum Gasteiger partial charge on any atom is -0.516 e. The number of hydrogen-bond acceptors (Lipinski definition) is 5. The van der Waals surface area contributed by atoms with Gasteiger partial charge in [-0.3, -0.25) is 10.1 Å². The lowest BCUT2D eigenvalue weighted by Gasteiger charge is -2.03. The van der Waals surface area contributed by atoms with Crippen LogP contribution in [0.3, 0.4) is 0 Å². The summed E-state index contributed by atoms with van der Waals surface area (Å²) in [4.78, 5) is 10.0. The first kappa shape index (κ1) is 10.8. The van der Waals surface area contributed by atoms with Gasteiger partial charge in [0, 0.05) is 18.3 Å². The van der Waals surface area contributed by atoms with Crippen LogP contribution in [-0.2, 0) is 0 Å². The first-order valence-electron chi connectivity index (χ1n) is 4.22. The Morgan fingerprint density at radius 1 is 1.60 bits per heavy atom. The number of hydrogen-bond donors (Lipinski definition) is 3. The second-order valence-corrected chi connectivity index (χ2v) is 2.80. The zero-order chi connectivity index (χ0) is 11.3. The van der Waals surface area contributed by atoms with Crippen LogP contribution in [0.4, 0.5) is 17.1 Å². The Bertz CT molecular complexity index is 390. The molecule has 0 aromatic heterocycles. The lowest BCUT2D eigenvalue weighted by Crippen LogP contribution is -2.01. The van der Waals surface area contributed by atoms with E-state index >= 15 is 0 Å². The Balaban J connectivity index is 2.83. The molecule has 0 fully saturated rings. The van der Waals surface area contributed by atoms with Gasteiger partial charge in [0.1, 0.15) is 5.69 Å². The first-order chi connectivity index (χ1) is 7.15. The molecule has 0 atom stereocenters. The Morgan fingerprint density at radius 3 is 2.93 bits per heavy atom. The molecule has 0 saturated carbocycles. The molecule has 0 saturated heterocycles. The highest BCUT2D eigenvalue weighted by Crippen LogP contribution is 2.24. The van der Waals surface area contributed by atoms with Gasteiger partial charge in [-0.15, -0.1) is 0 Å².